The molecule has 3 rings (SSSR count). The van der Waals surface area contributed by atoms with E-state index in [0.29, 0.717) is 11.1 Å². The molecule has 0 saturated carbocycles. The van der Waals surface area contributed by atoms with E-state index in [1.165, 1.54) is 5.56 Å². The number of benzene rings is 2. The molecule has 0 fully saturated rings. The maximum Gasteiger partial charge on any atom is 0.188 e. The van der Waals surface area contributed by atoms with Crippen molar-refractivity contribution in [3.63, 3.8) is 0 Å². The molecule has 0 unspecified atom stereocenters. The van der Waals surface area contributed by atoms with E-state index in [-0.39, 0.29) is 0 Å². The highest BCUT2D eigenvalue weighted by Crippen LogP contribution is 2.29. The average Bonchev–Trinajstić information content (AvgIpc) is 2.88. The molecule has 100 valence electrons. The Kier molecular flexibility index (Phi) is 3.27. The summed E-state index contributed by atoms with van der Waals surface area (Å²) in [7, 11) is 0. The molecule has 0 atom stereocenters. The lowest BCUT2D eigenvalue weighted by atomic mass is 10.1. The largest absolute Gasteiger partial charge is 0.331 e. The van der Waals surface area contributed by atoms with Crippen LogP contribution in [0.25, 0.3) is 10.2 Å². The van der Waals surface area contributed by atoms with E-state index in [1.807, 2.05) is 31.2 Å². The van der Waals surface area contributed by atoms with Gasteiger partial charge in [0.05, 0.1) is 21.3 Å². The van der Waals surface area contributed by atoms with Crippen LogP contribution in [0.3, 0.4) is 0 Å². The number of hydrogen-bond donors (Lipinski definition) is 1. The second-order valence-corrected chi connectivity index (χ2v) is 5.63. The summed E-state index contributed by atoms with van der Waals surface area (Å²) in [6.45, 7) is 2.05. The average molecular weight is 290 g/mol. The van der Waals surface area contributed by atoms with E-state index in [4.69, 9.17) is 10.5 Å². The molecule has 1 N–H and O–H groups in total. The normalized spacial score (nSPS) is 10.0. The Labute approximate surface area is 125 Å². The predicted molar refractivity (Wildman–Crippen MR) is 83.5 cm³/mol. The van der Waals surface area contributed by atoms with Gasteiger partial charge in [0, 0.05) is 5.69 Å². The first-order valence-electron chi connectivity index (χ1n) is 6.28. The second-order valence-electron chi connectivity index (χ2n) is 4.60. The fourth-order valence-electron chi connectivity index (χ4n) is 2.02. The topological polar surface area (TPSA) is 72.5 Å². The van der Waals surface area contributed by atoms with E-state index in [1.54, 1.807) is 29.5 Å². The smallest absolute Gasteiger partial charge is 0.188 e. The molecule has 0 spiro atoms. The highest BCUT2D eigenvalue weighted by atomic mass is 32.1. The van der Waals surface area contributed by atoms with E-state index in [0.717, 1.165) is 21.0 Å². The van der Waals surface area contributed by atoms with Crippen molar-refractivity contribution >= 4 is 32.4 Å². The molecule has 0 saturated heterocycles. The molecule has 0 bridgehead atoms. The van der Waals surface area contributed by atoms with Crippen molar-refractivity contribution in [2.24, 2.45) is 0 Å². The first kappa shape index (κ1) is 13.1. The van der Waals surface area contributed by atoms with Gasteiger partial charge in [-0.05, 0) is 42.8 Å². The molecule has 0 radical (unpaired) electrons. The predicted octanol–water partition coefficient (Wildman–Crippen LogP) is 4.09. The lowest BCUT2D eigenvalue weighted by Crippen LogP contribution is -1.91. The number of nitriles is 2. The first-order valence-corrected chi connectivity index (χ1v) is 7.10. The summed E-state index contributed by atoms with van der Waals surface area (Å²) in [5.41, 5.74) is 3.63. The van der Waals surface area contributed by atoms with Crippen molar-refractivity contribution in [1.82, 2.24) is 4.98 Å². The Morgan fingerprint density at radius 1 is 1.05 bits per heavy atom. The number of fused-ring (bicyclic) bond motifs is 1. The fraction of sp³-hybridized carbons (Fsp3) is 0.0625. The van der Waals surface area contributed by atoms with Gasteiger partial charge in [-0.2, -0.15) is 10.5 Å². The van der Waals surface area contributed by atoms with Crippen molar-refractivity contribution in [2.45, 2.75) is 6.92 Å². The molecule has 1 heterocycles. The van der Waals surface area contributed by atoms with Gasteiger partial charge < -0.3 is 5.32 Å². The molecule has 3 aromatic rings. The van der Waals surface area contributed by atoms with Crippen LogP contribution in [-0.4, -0.2) is 4.98 Å². The summed E-state index contributed by atoms with van der Waals surface area (Å²) in [4.78, 5) is 4.51. The number of nitrogens with zero attached hydrogens (tertiary/aromatic N) is 3. The quantitative estimate of drug-likeness (QED) is 0.771. The van der Waals surface area contributed by atoms with Crippen LogP contribution in [0.5, 0.6) is 0 Å². The molecule has 0 aliphatic carbocycles. The summed E-state index contributed by atoms with van der Waals surface area (Å²) in [5, 5.41) is 21.9. The van der Waals surface area contributed by atoms with E-state index < -0.39 is 0 Å². The maximum absolute atomic E-state index is 9.04. The Bertz CT molecular complexity index is 912. The number of aryl methyl sites for hydroxylation is 1. The van der Waals surface area contributed by atoms with Gasteiger partial charge in [-0.25, -0.2) is 4.98 Å². The van der Waals surface area contributed by atoms with Gasteiger partial charge in [-0.3, -0.25) is 0 Å². The molecule has 0 amide bonds. The Morgan fingerprint density at radius 3 is 2.62 bits per heavy atom. The first-order chi connectivity index (χ1) is 10.2. The molecule has 1 aromatic heterocycles. The summed E-state index contributed by atoms with van der Waals surface area (Å²) < 4.78 is 1.12. The highest BCUT2D eigenvalue weighted by Gasteiger charge is 2.07. The highest BCUT2D eigenvalue weighted by molar-refractivity contribution is 7.22. The molecule has 0 aliphatic heterocycles. The van der Waals surface area contributed by atoms with Crippen molar-refractivity contribution in [2.75, 3.05) is 5.32 Å². The third-order valence-corrected chi connectivity index (χ3v) is 3.99. The van der Waals surface area contributed by atoms with Crippen molar-refractivity contribution in [1.29, 1.82) is 10.5 Å². The zero-order valence-corrected chi connectivity index (χ0v) is 12.0. The number of aromatic nitrogens is 1. The van der Waals surface area contributed by atoms with E-state index in [2.05, 4.69) is 16.4 Å². The monoisotopic (exact) mass is 290 g/mol. The molecule has 4 nitrogen and oxygen atoms in total. The maximum atomic E-state index is 9.04. The van der Waals surface area contributed by atoms with Crippen LogP contribution in [0.15, 0.2) is 36.4 Å². The zero-order valence-electron chi connectivity index (χ0n) is 11.2. The van der Waals surface area contributed by atoms with Crippen molar-refractivity contribution in [3.05, 3.63) is 53.1 Å². The van der Waals surface area contributed by atoms with Gasteiger partial charge >= 0.3 is 0 Å². The molecule has 21 heavy (non-hydrogen) atoms. The van der Waals surface area contributed by atoms with Crippen LogP contribution in [0.1, 0.15) is 16.7 Å². The second kappa shape index (κ2) is 5.24. The lowest BCUT2D eigenvalue weighted by Gasteiger charge is -2.03. The van der Waals surface area contributed by atoms with Gasteiger partial charge in [0.15, 0.2) is 5.13 Å². The summed E-state index contributed by atoms with van der Waals surface area (Å²) in [5.74, 6) is 0. The Morgan fingerprint density at radius 2 is 1.86 bits per heavy atom. The SMILES string of the molecule is Cc1ccc2nc(Nc3ccc(C#N)c(C#N)c3)sc2c1. The van der Waals surface area contributed by atoms with E-state index >= 15 is 0 Å². The minimum Gasteiger partial charge on any atom is -0.331 e. The number of nitrogens with one attached hydrogen (secondary N) is 1. The number of anilines is 2. The number of rotatable bonds is 2. The minimum atomic E-state index is 0.361. The third-order valence-electron chi connectivity index (χ3n) is 3.06. The minimum absolute atomic E-state index is 0.361. The zero-order chi connectivity index (χ0) is 14.8. The Balaban J connectivity index is 1.95. The standard InChI is InChI=1S/C16H10N4S/c1-10-2-5-14-15(6-10)21-16(20-14)19-13-4-3-11(8-17)12(7-13)9-18/h2-7H,1H3,(H,19,20). The summed E-state index contributed by atoms with van der Waals surface area (Å²) in [6, 6.07) is 15.2. The van der Waals surface area contributed by atoms with Crippen LogP contribution in [0, 0.1) is 29.6 Å². The molecule has 2 aromatic carbocycles. The van der Waals surface area contributed by atoms with Crippen LogP contribution in [-0.2, 0) is 0 Å². The van der Waals surface area contributed by atoms with Crippen LogP contribution < -0.4 is 5.32 Å². The van der Waals surface area contributed by atoms with Gasteiger partial charge in [0.1, 0.15) is 12.1 Å². The Hall–Kier alpha value is -2.89. The summed E-state index contributed by atoms with van der Waals surface area (Å²) >= 11 is 1.56. The molecule has 0 aliphatic rings. The molecule has 5 heteroatoms. The molecular weight excluding hydrogens is 280 g/mol. The van der Waals surface area contributed by atoms with Crippen molar-refractivity contribution in [3.8, 4) is 12.1 Å². The summed E-state index contributed by atoms with van der Waals surface area (Å²) in [6.07, 6.45) is 0. The third kappa shape index (κ3) is 2.55. The number of hydrogen-bond acceptors (Lipinski definition) is 5. The van der Waals surface area contributed by atoms with Crippen LogP contribution in [0.2, 0.25) is 0 Å². The van der Waals surface area contributed by atoms with Crippen molar-refractivity contribution < 1.29 is 0 Å². The lowest BCUT2D eigenvalue weighted by molar-refractivity contribution is 1.40. The van der Waals surface area contributed by atoms with E-state index in [9.17, 15) is 0 Å². The van der Waals surface area contributed by atoms with Gasteiger partial charge in [-0.15, -0.1) is 0 Å². The van der Waals surface area contributed by atoms with Gasteiger partial charge in [-0.1, -0.05) is 17.4 Å². The number of thiazole rings is 1. The van der Waals surface area contributed by atoms with Crippen LogP contribution >= 0.6 is 11.3 Å². The fourth-order valence-corrected chi connectivity index (χ4v) is 3.01. The van der Waals surface area contributed by atoms with Gasteiger partial charge in [0.25, 0.3) is 0 Å². The van der Waals surface area contributed by atoms with Crippen LogP contribution in [0.4, 0.5) is 10.8 Å². The molecular formula is C16H10N4S. The van der Waals surface area contributed by atoms with Gasteiger partial charge in [0.2, 0.25) is 0 Å².